The summed E-state index contributed by atoms with van der Waals surface area (Å²) in [5.41, 5.74) is -0.111. The summed E-state index contributed by atoms with van der Waals surface area (Å²) in [7, 11) is 0. The number of carbonyl (C=O) groups excluding carboxylic acids is 1. The lowest BCUT2D eigenvalue weighted by Gasteiger charge is -2.36. The summed E-state index contributed by atoms with van der Waals surface area (Å²) < 4.78 is 31.6. The Balaban J connectivity index is 1.72. The van der Waals surface area contributed by atoms with E-state index in [0.29, 0.717) is 5.56 Å². The van der Waals surface area contributed by atoms with E-state index >= 15 is 0 Å². The number of halogens is 2. The van der Waals surface area contributed by atoms with Gasteiger partial charge in [-0.15, -0.1) is 0 Å². The van der Waals surface area contributed by atoms with Crippen molar-refractivity contribution in [2.45, 2.75) is 57.8 Å². The topological polar surface area (TPSA) is 70.6 Å². The first-order chi connectivity index (χ1) is 10.6. The van der Waals surface area contributed by atoms with Gasteiger partial charge in [0.1, 0.15) is 5.60 Å². The van der Waals surface area contributed by atoms with Gasteiger partial charge in [0.15, 0.2) is 17.4 Å². The quantitative estimate of drug-likeness (QED) is 0.795. The van der Waals surface area contributed by atoms with Crippen molar-refractivity contribution in [2.24, 2.45) is 0 Å². The maximum absolute atomic E-state index is 13.2. The molecule has 7 heteroatoms. The molecule has 2 rings (SSSR count). The first kappa shape index (κ1) is 17.5. The van der Waals surface area contributed by atoms with E-state index in [4.69, 9.17) is 9.84 Å². The second-order valence-electron chi connectivity index (χ2n) is 6.80. The predicted octanol–water partition coefficient (Wildman–Crippen LogP) is 2.82. The van der Waals surface area contributed by atoms with Crippen molar-refractivity contribution in [3.05, 3.63) is 29.3 Å². The van der Waals surface area contributed by atoms with Crippen LogP contribution in [-0.2, 0) is 11.3 Å². The average Bonchev–Trinajstić information content (AvgIpc) is 2.36. The minimum Gasteiger partial charge on any atom is -0.503 e. The summed E-state index contributed by atoms with van der Waals surface area (Å²) in [5.74, 6) is -2.90. The molecule has 1 aromatic rings. The number of rotatable bonds is 4. The van der Waals surface area contributed by atoms with Crippen molar-refractivity contribution < 1.29 is 23.4 Å². The largest absolute Gasteiger partial charge is 0.503 e. The van der Waals surface area contributed by atoms with Gasteiger partial charge in [-0.3, -0.25) is 0 Å². The van der Waals surface area contributed by atoms with E-state index < -0.39 is 29.1 Å². The molecule has 1 aliphatic carbocycles. The van der Waals surface area contributed by atoms with Gasteiger partial charge >= 0.3 is 6.09 Å². The number of amides is 1. The van der Waals surface area contributed by atoms with Gasteiger partial charge in [0.05, 0.1) is 0 Å². The first-order valence-corrected chi connectivity index (χ1v) is 7.54. The maximum Gasteiger partial charge on any atom is 0.407 e. The van der Waals surface area contributed by atoms with Crippen molar-refractivity contribution in [1.82, 2.24) is 10.6 Å². The average molecular weight is 328 g/mol. The Labute approximate surface area is 134 Å². The Morgan fingerprint density at radius 3 is 2.35 bits per heavy atom. The zero-order valence-electron chi connectivity index (χ0n) is 13.5. The van der Waals surface area contributed by atoms with Crippen LogP contribution in [0.4, 0.5) is 13.6 Å². The fraction of sp³-hybridized carbons (Fsp3) is 0.562. The van der Waals surface area contributed by atoms with E-state index in [0.717, 1.165) is 25.0 Å². The van der Waals surface area contributed by atoms with Crippen LogP contribution in [-0.4, -0.2) is 28.9 Å². The van der Waals surface area contributed by atoms with Gasteiger partial charge < -0.3 is 20.5 Å². The van der Waals surface area contributed by atoms with Gasteiger partial charge in [-0.1, -0.05) is 0 Å². The van der Waals surface area contributed by atoms with E-state index in [1.165, 1.54) is 0 Å². The van der Waals surface area contributed by atoms with E-state index in [1.807, 2.05) is 0 Å². The molecule has 128 valence electrons. The molecule has 0 heterocycles. The highest BCUT2D eigenvalue weighted by atomic mass is 19.1. The van der Waals surface area contributed by atoms with Gasteiger partial charge in [-0.2, -0.15) is 0 Å². The molecule has 5 nitrogen and oxygen atoms in total. The van der Waals surface area contributed by atoms with Crippen molar-refractivity contribution in [1.29, 1.82) is 0 Å². The Kier molecular flexibility index (Phi) is 5.09. The monoisotopic (exact) mass is 328 g/mol. The number of hydrogen-bond acceptors (Lipinski definition) is 4. The lowest BCUT2D eigenvalue weighted by atomic mass is 9.86. The predicted molar refractivity (Wildman–Crippen MR) is 81.0 cm³/mol. The third kappa shape index (κ3) is 5.06. The molecular formula is C16H22F2N2O3. The van der Waals surface area contributed by atoms with Crippen LogP contribution in [0.25, 0.3) is 0 Å². The molecule has 3 N–H and O–H groups in total. The molecule has 1 saturated carbocycles. The van der Waals surface area contributed by atoms with Crippen LogP contribution in [0.1, 0.15) is 39.2 Å². The Hall–Kier alpha value is -1.89. The third-order valence-corrected chi connectivity index (χ3v) is 3.53. The molecule has 0 atom stereocenters. The van der Waals surface area contributed by atoms with Crippen LogP contribution in [0.15, 0.2) is 12.1 Å². The number of ether oxygens (including phenoxy) is 1. The molecule has 0 spiro atoms. The van der Waals surface area contributed by atoms with Crippen molar-refractivity contribution in [2.75, 3.05) is 0 Å². The molecule has 1 aromatic carbocycles. The number of nitrogens with one attached hydrogen (secondary N) is 2. The minimum atomic E-state index is -0.972. The number of hydrogen-bond donors (Lipinski definition) is 3. The van der Waals surface area contributed by atoms with Crippen LogP contribution >= 0.6 is 0 Å². The van der Waals surface area contributed by atoms with Crippen LogP contribution in [0.3, 0.4) is 0 Å². The van der Waals surface area contributed by atoms with Crippen LogP contribution in [0, 0.1) is 11.6 Å². The SMILES string of the molecule is CC(C)(C)OC(=O)NC1CC(NCc2cc(F)c(O)c(F)c2)C1. The van der Waals surface area contributed by atoms with E-state index in [2.05, 4.69) is 10.6 Å². The molecular weight excluding hydrogens is 306 g/mol. The molecule has 1 fully saturated rings. The van der Waals surface area contributed by atoms with Crippen LogP contribution < -0.4 is 10.6 Å². The highest BCUT2D eigenvalue weighted by molar-refractivity contribution is 5.68. The van der Waals surface area contributed by atoms with Crippen molar-refractivity contribution >= 4 is 6.09 Å². The molecule has 1 aliphatic rings. The van der Waals surface area contributed by atoms with Crippen LogP contribution in [0.2, 0.25) is 0 Å². The summed E-state index contributed by atoms with van der Waals surface area (Å²) in [5, 5.41) is 15.0. The number of phenolic OH excluding ortho intramolecular Hbond substituents is 1. The Morgan fingerprint density at radius 2 is 1.83 bits per heavy atom. The molecule has 0 unspecified atom stereocenters. The summed E-state index contributed by atoms with van der Waals surface area (Å²) >= 11 is 0. The highest BCUT2D eigenvalue weighted by Gasteiger charge is 2.31. The van der Waals surface area contributed by atoms with Gasteiger partial charge in [-0.05, 0) is 51.3 Å². The molecule has 0 saturated heterocycles. The summed E-state index contributed by atoms with van der Waals surface area (Å²) in [6.07, 6.45) is 1.01. The second kappa shape index (κ2) is 6.70. The normalized spacial score (nSPS) is 20.7. The molecule has 0 bridgehead atoms. The summed E-state index contributed by atoms with van der Waals surface area (Å²) in [6.45, 7) is 5.69. The molecule has 0 aromatic heterocycles. The number of carbonyl (C=O) groups is 1. The molecule has 1 amide bonds. The van der Waals surface area contributed by atoms with Gasteiger partial charge in [0.2, 0.25) is 0 Å². The number of aromatic hydroxyl groups is 1. The third-order valence-electron chi connectivity index (χ3n) is 3.53. The van der Waals surface area contributed by atoms with Gasteiger partial charge in [0, 0.05) is 18.6 Å². The summed E-state index contributed by atoms with van der Waals surface area (Å²) in [6, 6.07) is 2.39. The van der Waals surface area contributed by atoms with E-state index in [1.54, 1.807) is 20.8 Å². The Bertz CT molecular complexity index is 558. The molecule has 0 radical (unpaired) electrons. The van der Waals surface area contributed by atoms with E-state index in [9.17, 15) is 13.6 Å². The lowest BCUT2D eigenvalue weighted by molar-refractivity contribution is 0.0465. The smallest absolute Gasteiger partial charge is 0.407 e. The zero-order valence-corrected chi connectivity index (χ0v) is 13.5. The minimum absolute atomic E-state index is 0.0376. The first-order valence-electron chi connectivity index (χ1n) is 7.54. The fourth-order valence-electron chi connectivity index (χ4n) is 2.36. The van der Waals surface area contributed by atoms with Crippen LogP contribution in [0.5, 0.6) is 5.75 Å². The number of benzene rings is 1. The maximum atomic E-state index is 13.2. The van der Waals surface area contributed by atoms with E-state index in [-0.39, 0.29) is 18.6 Å². The Morgan fingerprint density at radius 1 is 1.26 bits per heavy atom. The fourth-order valence-corrected chi connectivity index (χ4v) is 2.36. The van der Waals surface area contributed by atoms with Gasteiger partial charge in [0.25, 0.3) is 0 Å². The summed E-state index contributed by atoms with van der Waals surface area (Å²) in [4.78, 5) is 11.6. The standard InChI is InChI=1S/C16H22F2N2O3/c1-16(2,3)23-15(22)20-11-6-10(7-11)19-8-9-4-12(17)14(21)13(18)5-9/h4-5,10-11,19,21H,6-8H2,1-3H3,(H,20,22). The number of phenols is 1. The highest BCUT2D eigenvalue weighted by Crippen LogP contribution is 2.23. The zero-order chi connectivity index (χ0) is 17.2. The molecule has 23 heavy (non-hydrogen) atoms. The van der Waals surface area contributed by atoms with Crippen molar-refractivity contribution in [3.63, 3.8) is 0 Å². The van der Waals surface area contributed by atoms with Crippen molar-refractivity contribution in [3.8, 4) is 5.75 Å². The number of alkyl carbamates (subject to hydrolysis) is 1. The van der Waals surface area contributed by atoms with Gasteiger partial charge in [-0.25, -0.2) is 13.6 Å². The lowest BCUT2D eigenvalue weighted by Crippen LogP contribution is -2.52. The second-order valence-corrected chi connectivity index (χ2v) is 6.80. The molecule has 0 aliphatic heterocycles.